The fraction of sp³-hybridized carbons (Fsp3) is 0.515. The number of likely N-dealkylation sites (tertiary alicyclic amines) is 1. The number of carboxylic acids is 1. The number of hydrogen-bond acceptors (Lipinski definition) is 7. The van der Waals surface area contributed by atoms with E-state index in [0.29, 0.717) is 86.9 Å². The Kier molecular flexibility index (Phi) is 10.8. The molecule has 8 nitrogen and oxygen atoms in total. The van der Waals surface area contributed by atoms with E-state index in [4.69, 9.17) is 14.2 Å². The second-order valence-corrected chi connectivity index (χ2v) is 11.9. The predicted molar refractivity (Wildman–Crippen MR) is 160 cm³/mol. The third-order valence-corrected chi connectivity index (χ3v) is 9.01. The van der Waals surface area contributed by atoms with Gasteiger partial charge in [0.25, 0.3) is 0 Å². The summed E-state index contributed by atoms with van der Waals surface area (Å²) in [7, 11) is 1.56. The van der Waals surface area contributed by atoms with Crippen molar-refractivity contribution in [3.05, 3.63) is 65.1 Å². The van der Waals surface area contributed by atoms with Crippen LogP contribution in [0.25, 0.3) is 10.9 Å². The predicted octanol–water partition coefficient (Wildman–Crippen LogP) is 5.92. The van der Waals surface area contributed by atoms with Crippen LogP contribution in [0, 0.1) is 22.9 Å². The maximum absolute atomic E-state index is 16.5. The van der Waals surface area contributed by atoms with Crippen molar-refractivity contribution in [1.29, 1.82) is 0 Å². The molecule has 1 atom stereocenters. The quantitative estimate of drug-likeness (QED) is 0.184. The van der Waals surface area contributed by atoms with Gasteiger partial charge in [0, 0.05) is 55.5 Å². The fourth-order valence-electron chi connectivity index (χ4n) is 6.44. The molecule has 0 saturated carbocycles. The van der Waals surface area contributed by atoms with Gasteiger partial charge in [0.05, 0.1) is 32.3 Å². The van der Waals surface area contributed by atoms with E-state index in [1.165, 1.54) is 0 Å². The molecule has 0 spiro atoms. The van der Waals surface area contributed by atoms with Gasteiger partial charge < -0.3 is 19.3 Å². The van der Waals surface area contributed by atoms with Crippen LogP contribution in [0.15, 0.2) is 36.5 Å². The number of carbonyl (C=O) groups is 1. The van der Waals surface area contributed by atoms with Gasteiger partial charge in [-0.05, 0) is 68.0 Å². The number of carboxylic acid groups (broad SMARTS) is 1. The lowest BCUT2D eigenvalue weighted by Gasteiger charge is -2.41. The molecule has 2 aliphatic heterocycles. The number of methoxy groups -OCH3 is 1. The number of hydrogen-bond donors (Lipinski definition) is 1. The lowest BCUT2D eigenvalue weighted by Crippen LogP contribution is -2.42. The van der Waals surface area contributed by atoms with Gasteiger partial charge in [0.2, 0.25) is 5.82 Å². The summed E-state index contributed by atoms with van der Waals surface area (Å²) < 4.78 is 73.6. The molecule has 2 fully saturated rings. The summed E-state index contributed by atoms with van der Waals surface area (Å²) in [6, 6.07) is 6.67. The Labute approximate surface area is 259 Å². The van der Waals surface area contributed by atoms with Gasteiger partial charge in [-0.25, -0.2) is 13.2 Å². The molecule has 3 aromatic rings. The van der Waals surface area contributed by atoms with E-state index in [0.717, 1.165) is 24.7 Å². The first kappa shape index (κ1) is 32.9. The second-order valence-electron chi connectivity index (χ2n) is 11.9. The van der Waals surface area contributed by atoms with E-state index in [9.17, 15) is 23.1 Å². The zero-order valence-corrected chi connectivity index (χ0v) is 25.4. The van der Waals surface area contributed by atoms with E-state index in [1.54, 1.807) is 19.4 Å². The average Bonchev–Trinajstić information content (AvgIpc) is 3.03. The first-order chi connectivity index (χ1) is 21.7. The Balaban J connectivity index is 1.27. The third-order valence-electron chi connectivity index (χ3n) is 9.01. The molecule has 5 rings (SSSR count). The van der Waals surface area contributed by atoms with E-state index in [2.05, 4.69) is 9.88 Å². The molecular weight excluding hydrogens is 594 g/mol. The zero-order chi connectivity index (χ0) is 32.0. The van der Waals surface area contributed by atoms with Crippen molar-refractivity contribution in [3.8, 4) is 11.5 Å². The lowest BCUT2D eigenvalue weighted by atomic mass is 9.71. The van der Waals surface area contributed by atoms with Crippen LogP contribution in [0.3, 0.4) is 0 Å². The first-order valence-corrected chi connectivity index (χ1v) is 15.3. The van der Waals surface area contributed by atoms with E-state index in [-0.39, 0.29) is 19.4 Å². The van der Waals surface area contributed by atoms with Crippen molar-refractivity contribution in [2.75, 3.05) is 59.7 Å². The molecule has 0 amide bonds. The summed E-state index contributed by atoms with van der Waals surface area (Å²) in [6.07, 6.45) is 1.89. The van der Waals surface area contributed by atoms with E-state index in [1.807, 2.05) is 17.0 Å². The number of fused-ring (bicyclic) bond motifs is 1. The summed E-state index contributed by atoms with van der Waals surface area (Å²) in [5.41, 5.74) is 1.42. The normalized spacial score (nSPS) is 18.2. The summed E-state index contributed by atoms with van der Waals surface area (Å²) >= 11 is 0. The molecule has 244 valence electrons. The van der Waals surface area contributed by atoms with Crippen molar-refractivity contribution in [2.45, 2.75) is 44.8 Å². The summed E-state index contributed by atoms with van der Waals surface area (Å²) in [5, 5.41) is 10.5. The Bertz CT molecular complexity index is 1480. The van der Waals surface area contributed by atoms with Crippen molar-refractivity contribution < 1.29 is 41.7 Å². The third kappa shape index (κ3) is 8.22. The molecule has 1 aromatic heterocycles. The number of rotatable bonds is 13. The van der Waals surface area contributed by atoms with Crippen LogP contribution >= 0.6 is 0 Å². The number of halogens is 4. The van der Waals surface area contributed by atoms with Crippen LogP contribution in [0.5, 0.6) is 11.5 Å². The second kappa shape index (κ2) is 14.7. The number of ether oxygens (including phenoxy) is 3. The van der Waals surface area contributed by atoms with Crippen molar-refractivity contribution >= 4 is 16.9 Å². The number of piperidine rings is 1. The highest BCUT2D eigenvalue weighted by Gasteiger charge is 2.37. The van der Waals surface area contributed by atoms with Gasteiger partial charge in [0.15, 0.2) is 11.6 Å². The minimum Gasteiger partial charge on any atom is -0.497 e. The van der Waals surface area contributed by atoms with Crippen LogP contribution < -0.4 is 9.47 Å². The highest BCUT2D eigenvalue weighted by molar-refractivity contribution is 5.85. The lowest BCUT2D eigenvalue weighted by molar-refractivity contribution is -0.141. The number of aliphatic carboxylic acids is 1. The largest absolute Gasteiger partial charge is 0.497 e. The standard InChI is InChI=1S/C33H39F4N3O5/c1-43-24-2-3-28-25(18-24)31(22(20-38-28)21-40-10-13-44-14-11-40)26(35)4-5-33(19-30(41)42)6-8-39(9-7-33)12-15-45-29-17-23(34)16-27(36)32(29)37/h2-3,16-18,20,26H,4-15,19,21H2,1H3,(H,41,42)/t26-/m1/s1. The Morgan fingerprint density at radius 1 is 1.09 bits per heavy atom. The van der Waals surface area contributed by atoms with Crippen LogP contribution in [-0.2, 0) is 16.1 Å². The van der Waals surface area contributed by atoms with Gasteiger partial charge >= 0.3 is 5.97 Å². The maximum Gasteiger partial charge on any atom is 0.303 e. The monoisotopic (exact) mass is 633 g/mol. The minimum absolute atomic E-state index is 0.00277. The average molecular weight is 634 g/mol. The minimum atomic E-state index is -1.35. The zero-order valence-electron chi connectivity index (χ0n) is 25.4. The number of benzene rings is 2. The molecule has 0 bridgehead atoms. The van der Waals surface area contributed by atoms with Crippen LogP contribution in [-0.4, -0.2) is 85.5 Å². The number of nitrogens with zero attached hydrogens (tertiary/aromatic N) is 3. The Morgan fingerprint density at radius 3 is 2.56 bits per heavy atom. The molecule has 0 aliphatic carbocycles. The summed E-state index contributed by atoms with van der Waals surface area (Å²) in [5.74, 6) is -4.32. The topological polar surface area (TPSA) is 84.4 Å². The number of pyridine rings is 1. The Morgan fingerprint density at radius 2 is 1.84 bits per heavy atom. The molecule has 3 heterocycles. The van der Waals surface area contributed by atoms with Crippen molar-refractivity contribution in [3.63, 3.8) is 0 Å². The summed E-state index contributed by atoms with van der Waals surface area (Å²) in [6.45, 7) is 4.67. The van der Waals surface area contributed by atoms with Gasteiger partial charge in [-0.2, -0.15) is 4.39 Å². The first-order valence-electron chi connectivity index (χ1n) is 15.3. The smallest absolute Gasteiger partial charge is 0.303 e. The van der Waals surface area contributed by atoms with Gasteiger partial charge in [-0.1, -0.05) is 0 Å². The number of alkyl halides is 1. The van der Waals surface area contributed by atoms with Gasteiger partial charge in [-0.3, -0.25) is 19.6 Å². The molecule has 1 N–H and O–H groups in total. The van der Waals surface area contributed by atoms with Gasteiger partial charge in [-0.15, -0.1) is 0 Å². The molecular formula is C33H39F4N3O5. The molecule has 12 heteroatoms. The van der Waals surface area contributed by atoms with Crippen molar-refractivity contribution in [1.82, 2.24) is 14.8 Å². The molecule has 0 unspecified atom stereocenters. The maximum atomic E-state index is 16.5. The SMILES string of the molecule is COc1ccc2ncc(CN3CCOCC3)c([C@H](F)CCC3(CC(=O)O)CCN(CCOc4cc(F)cc(F)c4F)CC3)c2c1. The molecule has 2 aromatic carbocycles. The van der Waals surface area contributed by atoms with Crippen LogP contribution in [0.1, 0.15) is 49.4 Å². The number of morpholine rings is 1. The van der Waals surface area contributed by atoms with Crippen LogP contribution in [0.4, 0.5) is 17.6 Å². The van der Waals surface area contributed by atoms with Crippen molar-refractivity contribution in [2.24, 2.45) is 5.41 Å². The highest BCUT2D eigenvalue weighted by Crippen LogP contribution is 2.43. The number of aromatic nitrogens is 1. The van der Waals surface area contributed by atoms with E-state index < -0.39 is 40.8 Å². The van der Waals surface area contributed by atoms with Crippen LogP contribution in [0.2, 0.25) is 0 Å². The molecule has 45 heavy (non-hydrogen) atoms. The Hall–Kier alpha value is -3.48. The summed E-state index contributed by atoms with van der Waals surface area (Å²) in [4.78, 5) is 20.8. The molecule has 2 aliphatic rings. The van der Waals surface area contributed by atoms with E-state index >= 15 is 4.39 Å². The molecule has 0 radical (unpaired) electrons. The highest BCUT2D eigenvalue weighted by atomic mass is 19.2. The van der Waals surface area contributed by atoms with Gasteiger partial charge in [0.1, 0.15) is 24.3 Å². The molecule has 2 saturated heterocycles. The fourth-order valence-corrected chi connectivity index (χ4v) is 6.44.